The average Bonchev–Trinajstić information content (AvgIpc) is 2.10. The van der Waals surface area contributed by atoms with Crippen LogP contribution in [-0.4, -0.2) is 11.3 Å². The highest BCUT2D eigenvalue weighted by Crippen LogP contribution is 2.35. The van der Waals surface area contributed by atoms with Crippen molar-refractivity contribution < 1.29 is 17.9 Å². The van der Waals surface area contributed by atoms with Crippen LogP contribution in [-0.2, 0) is 6.54 Å². The van der Waals surface area contributed by atoms with Crippen molar-refractivity contribution in [1.29, 1.82) is 0 Å². The topological polar surface area (TPSA) is 48.1 Å². The van der Waals surface area contributed by atoms with Crippen molar-refractivity contribution in [1.82, 2.24) is 4.98 Å². The third-order valence-corrected chi connectivity index (χ3v) is 2.42. The molecule has 0 aliphatic carbocycles. The Bertz CT molecular complexity index is 372. The molecule has 8 heteroatoms. The minimum atomic E-state index is -4.82. The number of pyridine rings is 1. The summed E-state index contributed by atoms with van der Waals surface area (Å²) < 4.78 is 40.1. The van der Waals surface area contributed by atoms with E-state index in [1.54, 1.807) is 0 Å². The van der Waals surface area contributed by atoms with Crippen molar-refractivity contribution in [3.05, 3.63) is 21.4 Å². The van der Waals surface area contributed by atoms with E-state index in [1.807, 2.05) is 0 Å². The lowest BCUT2D eigenvalue weighted by atomic mass is 10.2. The number of alkyl halides is 3. The molecule has 1 aromatic heterocycles. The second-order valence-corrected chi connectivity index (χ2v) is 3.67. The van der Waals surface area contributed by atoms with Crippen LogP contribution in [0.2, 0.25) is 5.15 Å². The maximum absolute atomic E-state index is 12.0. The Hall–Kier alpha value is -0.530. The number of hydrogen-bond donors (Lipinski definition) is 1. The van der Waals surface area contributed by atoms with Crippen molar-refractivity contribution in [3.8, 4) is 5.75 Å². The van der Waals surface area contributed by atoms with Crippen molar-refractivity contribution in [3.63, 3.8) is 0 Å². The summed E-state index contributed by atoms with van der Waals surface area (Å²) in [5.41, 5.74) is 5.39. The normalized spacial score (nSPS) is 11.6. The summed E-state index contributed by atoms with van der Waals surface area (Å²) in [6, 6.07) is 0. The first kappa shape index (κ1) is 12.5. The fourth-order valence-corrected chi connectivity index (χ4v) is 1.54. The van der Waals surface area contributed by atoms with Gasteiger partial charge in [-0.05, 0) is 15.9 Å². The van der Waals surface area contributed by atoms with E-state index < -0.39 is 12.1 Å². The highest BCUT2D eigenvalue weighted by molar-refractivity contribution is 9.10. The van der Waals surface area contributed by atoms with E-state index in [9.17, 15) is 13.2 Å². The number of nitrogens with zero attached hydrogens (tertiary/aromatic N) is 1. The minimum Gasteiger partial charge on any atom is -0.402 e. The number of rotatable bonds is 2. The molecule has 15 heavy (non-hydrogen) atoms. The van der Waals surface area contributed by atoms with Gasteiger partial charge in [0.2, 0.25) is 0 Å². The average molecular weight is 305 g/mol. The molecule has 0 aromatic carbocycles. The fourth-order valence-electron chi connectivity index (χ4n) is 0.892. The molecular weight excluding hydrogens is 300 g/mol. The van der Waals surface area contributed by atoms with E-state index in [-0.39, 0.29) is 17.3 Å². The van der Waals surface area contributed by atoms with Crippen LogP contribution in [0.1, 0.15) is 5.56 Å². The molecule has 0 spiro atoms. The summed E-state index contributed by atoms with van der Waals surface area (Å²) in [6.45, 7) is -0.145. The van der Waals surface area contributed by atoms with E-state index in [0.29, 0.717) is 4.47 Å². The van der Waals surface area contributed by atoms with Crippen LogP contribution in [0.5, 0.6) is 5.75 Å². The maximum atomic E-state index is 12.0. The zero-order valence-corrected chi connectivity index (χ0v) is 9.45. The number of ether oxygens (including phenoxy) is 1. The van der Waals surface area contributed by atoms with Crippen LogP contribution >= 0.6 is 27.5 Å². The van der Waals surface area contributed by atoms with Crippen LogP contribution in [0, 0.1) is 0 Å². The van der Waals surface area contributed by atoms with Crippen LogP contribution in [0.25, 0.3) is 0 Å². The largest absolute Gasteiger partial charge is 0.573 e. The van der Waals surface area contributed by atoms with Gasteiger partial charge in [0.25, 0.3) is 0 Å². The minimum absolute atomic E-state index is 0.118. The quantitative estimate of drug-likeness (QED) is 0.855. The predicted octanol–water partition coefficient (Wildman–Crippen LogP) is 2.85. The third kappa shape index (κ3) is 3.22. The highest BCUT2D eigenvalue weighted by Gasteiger charge is 2.33. The van der Waals surface area contributed by atoms with Gasteiger partial charge in [-0.1, -0.05) is 11.6 Å². The molecular formula is C7H5BrClF3N2O. The molecule has 0 amide bonds. The summed E-state index contributed by atoms with van der Waals surface area (Å²) in [6.07, 6.45) is -3.57. The van der Waals surface area contributed by atoms with Gasteiger partial charge < -0.3 is 10.5 Å². The molecule has 0 unspecified atom stereocenters. The van der Waals surface area contributed by atoms with Gasteiger partial charge in [-0.2, -0.15) is 0 Å². The Labute approximate surface area is 96.5 Å². The molecule has 84 valence electrons. The number of nitrogens with two attached hydrogens (primary N) is 1. The second kappa shape index (κ2) is 4.54. The summed E-state index contributed by atoms with van der Waals surface area (Å²) in [5.74, 6) is -0.568. The zero-order valence-electron chi connectivity index (χ0n) is 7.11. The fraction of sp³-hybridized carbons (Fsp3) is 0.286. The van der Waals surface area contributed by atoms with Gasteiger partial charge >= 0.3 is 6.36 Å². The molecule has 0 saturated carbocycles. The monoisotopic (exact) mass is 304 g/mol. The van der Waals surface area contributed by atoms with Crippen LogP contribution in [0.15, 0.2) is 10.7 Å². The molecule has 1 rings (SSSR count). The van der Waals surface area contributed by atoms with Crippen molar-refractivity contribution in [2.75, 3.05) is 0 Å². The van der Waals surface area contributed by atoms with Crippen molar-refractivity contribution in [2.24, 2.45) is 5.73 Å². The molecule has 1 aromatic rings. The van der Waals surface area contributed by atoms with E-state index in [2.05, 4.69) is 25.7 Å². The lowest BCUT2D eigenvalue weighted by Gasteiger charge is -2.14. The Morgan fingerprint density at radius 1 is 1.53 bits per heavy atom. The molecule has 0 aliphatic heterocycles. The van der Waals surface area contributed by atoms with E-state index in [0.717, 1.165) is 0 Å². The third-order valence-electron chi connectivity index (χ3n) is 1.46. The van der Waals surface area contributed by atoms with Gasteiger partial charge in [-0.15, -0.1) is 13.2 Å². The van der Waals surface area contributed by atoms with E-state index in [4.69, 9.17) is 17.3 Å². The van der Waals surface area contributed by atoms with Crippen molar-refractivity contribution in [2.45, 2.75) is 12.9 Å². The summed E-state index contributed by atoms with van der Waals surface area (Å²) in [4.78, 5) is 3.51. The zero-order chi connectivity index (χ0) is 11.6. The lowest BCUT2D eigenvalue weighted by Crippen LogP contribution is -2.19. The molecule has 1 heterocycles. The van der Waals surface area contributed by atoms with E-state index >= 15 is 0 Å². The SMILES string of the molecule is NCc1c(Br)cnc(Cl)c1OC(F)(F)F. The van der Waals surface area contributed by atoms with Gasteiger partial charge in [-0.25, -0.2) is 4.98 Å². The number of halogens is 5. The first-order valence-corrected chi connectivity index (χ1v) is 4.81. The standard InChI is InChI=1S/C7H5BrClF3N2O/c8-4-2-14-6(9)5(3(4)1-13)15-7(10,11)12/h2H,1,13H2. The first-order chi connectivity index (χ1) is 6.85. The van der Waals surface area contributed by atoms with E-state index in [1.165, 1.54) is 6.20 Å². The Morgan fingerprint density at radius 3 is 2.60 bits per heavy atom. The Kier molecular flexibility index (Phi) is 3.80. The van der Waals surface area contributed by atoms with Gasteiger partial charge in [0.1, 0.15) is 0 Å². The lowest BCUT2D eigenvalue weighted by molar-refractivity contribution is -0.275. The molecule has 3 nitrogen and oxygen atoms in total. The molecule has 0 aliphatic rings. The number of hydrogen-bond acceptors (Lipinski definition) is 3. The highest BCUT2D eigenvalue weighted by atomic mass is 79.9. The van der Waals surface area contributed by atoms with Crippen LogP contribution in [0.4, 0.5) is 13.2 Å². The molecule has 0 saturated heterocycles. The van der Waals surface area contributed by atoms with Gasteiger partial charge in [0, 0.05) is 22.8 Å². The number of aromatic nitrogens is 1. The van der Waals surface area contributed by atoms with Gasteiger partial charge in [0.15, 0.2) is 10.9 Å². The summed E-state index contributed by atoms with van der Waals surface area (Å²) >= 11 is 8.47. The second-order valence-electron chi connectivity index (χ2n) is 2.46. The molecule has 2 N–H and O–H groups in total. The first-order valence-electron chi connectivity index (χ1n) is 3.64. The summed E-state index contributed by atoms with van der Waals surface area (Å²) in [7, 11) is 0. The van der Waals surface area contributed by atoms with Crippen LogP contribution in [0.3, 0.4) is 0 Å². The molecule has 0 fully saturated rings. The Morgan fingerprint density at radius 2 is 2.13 bits per heavy atom. The molecule has 0 radical (unpaired) electrons. The van der Waals surface area contributed by atoms with Gasteiger partial charge in [-0.3, -0.25) is 0 Å². The maximum Gasteiger partial charge on any atom is 0.573 e. The van der Waals surface area contributed by atoms with Gasteiger partial charge in [0.05, 0.1) is 0 Å². The van der Waals surface area contributed by atoms with Crippen LogP contribution < -0.4 is 10.5 Å². The Balaban J connectivity index is 3.20. The van der Waals surface area contributed by atoms with Crippen molar-refractivity contribution >= 4 is 27.5 Å². The smallest absolute Gasteiger partial charge is 0.402 e. The predicted molar refractivity (Wildman–Crippen MR) is 51.5 cm³/mol. The summed E-state index contributed by atoms with van der Waals surface area (Å²) in [5, 5.41) is -0.379. The molecule has 0 bridgehead atoms. The molecule has 0 atom stereocenters.